The van der Waals surface area contributed by atoms with Crippen molar-refractivity contribution in [1.82, 2.24) is 19.9 Å². The number of H-pyrrole nitrogens is 1. The Labute approximate surface area is 257 Å². The van der Waals surface area contributed by atoms with Gasteiger partial charge in [0, 0.05) is 43.7 Å². The Morgan fingerprint density at radius 3 is 2.55 bits per heavy atom. The number of aliphatic hydroxyl groups is 1. The average Bonchev–Trinajstić information content (AvgIpc) is 3.64. The minimum absolute atomic E-state index is 0.155. The summed E-state index contributed by atoms with van der Waals surface area (Å²) in [4.78, 5) is 26.7. The minimum Gasteiger partial charge on any atom is -0.462 e. The second-order valence-electron chi connectivity index (χ2n) is 11.1. The molecule has 6 heterocycles. The highest BCUT2D eigenvalue weighted by molar-refractivity contribution is 6.30. The molecular weight excluding hydrogens is 599 g/mol. The zero-order chi connectivity index (χ0) is 31.4. The van der Waals surface area contributed by atoms with Crippen LogP contribution in [0.2, 0.25) is 5.02 Å². The van der Waals surface area contributed by atoms with Gasteiger partial charge in [-0.15, -0.1) is 0 Å². The van der Waals surface area contributed by atoms with Crippen LogP contribution in [0, 0.1) is 18.4 Å². The van der Waals surface area contributed by atoms with Crippen LogP contribution in [0.25, 0.3) is 22.1 Å². The summed E-state index contributed by atoms with van der Waals surface area (Å²) in [6.07, 6.45) is 6.49. The number of alkyl halides is 3. The number of anilines is 1. The highest BCUT2D eigenvalue weighted by Gasteiger charge is 2.46. The Balaban J connectivity index is 0.000000161. The third-order valence-corrected chi connectivity index (χ3v) is 8.54. The molecule has 0 bridgehead atoms. The van der Waals surface area contributed by atoms with Crippen LogP contribution in [-0.2, 0) is 10.4 Å². The predicted molar refractivity (Wildman–Crippen MR) is 161 cm³/mol. The molecule has 0 amide bonds. The average molecular weight is 632 g/mol. The Morgan fingerprint density at radius 2 is 1.91 bits per heavy atom. The molecule has 44 heavy (non-hydrogen) atoms. The normalized spacial score (nSPS) is 22.2. The minimum atomic E-state index is -2.69. The van der Waals surface area contributed by atoms with E-state index in [1.165, 1.54) is 18.4 Å². The number of aliphatic hydroxyl groups excluding tert-OH is 1. The number of aromatic amines is 1. The third kappa shape index (κ3) is 6.36. The number of terminal acetylenes is 1. The molecule has 3 aliphatic rings. The molecule has 3 aromatic heterocycles. The number of piperidine rings is 1. The van der Waals surface area contributed by atoms with Crippen LogP contribution in [0.4, 0.5) is 19.0 Å². The molecule has 0 unspecified atom stereocenters. The van der Waals surface area contributed by atoms with Crippen LogP contribution in [0.3, 0.4) is 0 Å². The maximum absolute atomic E-state index is 15.4. The zero-order valence-electron chi connectivity index (χ0n) is 24.1. The van der Waals surface area contributed by atoms with Crippen LogP contribution < -0.4 is 10.5 Å². The predicted octanol–water partition coefficient (Wildman–Crippen LogP) is 5.80. The van der Waals surface area contributed by atoms with E-state index in [-0.39, 0.29) is 17.0 Å². The molecule has 3 fully saturated rings. The molecule has 0 aliphatic carbocycles. The summed E-state index contributed by atoms with van der Waals surface area (Å²) >= 11 is 5.89. The molecule has 3 saturated heterocycles. The van der Waals surface area contributed by atoms with Crippen molar-refractivity contribution in [2.24, 2.45) is 5.92 Å². The van der Waals surface area contributed by atoms with Crippen LogP contribution >= 0.6 is 11.6 Å². The molecule has 234 valence electrons. The molecule has 2 atom stereocenters. The summed E-state index contributed by atoms with van der Waals surface area (Å²) < 4.78 is 52.6. The molecule has 0 saturated carbocycles. The first-order chi connectivity index (χ1) is 21.2. The van der Waals surface area contributed by atoms with Crippen molar-refractivity contribution in [1.29, 1.82) is 0 Å². The smallest absolute Gasteiger partial charge is 0.297 e. The molecule has 4 aromatic rings. The number of nitrogens with zero attached hydrogens (tertiary/aromatic N) is 4. The van der Waals surface area contributed by atoms with E-state index in [0.717, 1.165) is 44.5 Å². The van der Waals surface area contributed by atoms with Crippen molar-refractivity contribution in [2.45, 2.75) is 44.3 Å². The molecule has 2 N–H and O–H groups in total. The number of likely N-dealkylation sites (tertiary alicyclic amines) is 1. The lowest BCUT2D eigenvalue weighted by Crippen LogP contribution is -2.57. The van der Waals surface area contributed by atoms with E-state index in [0.29, 0.717) is 53.1 Å². The highest BCUT2D eigenvalue weighted by Crippen LogP contribution is 2.41. The Bertz CT molecular complexity index is 1700. The van der Waals surface area contributed by atoms with Gasteiger partial charge in [0.15, 0.2) is 17.2 Å². The fraction of sp³-hybridized carbons (Fsp3) is 0.452. The maximum atomic E-state index is 15.4. The number of fused-ring (bicyclic) bond motifs is 3. The van der Waals surface area contributed by atoms with Gasteiger partial charge >= 0.3 is 0 Å². The highest BCUT2D eigenvalue weighted by atomic mass is 35.5. The fourth-order valence-electron chi connectivity index (χ4n) is 5.91. The van der Waals surface area contributed by atoms with Gasteiger partial charge in [-0.3, -0.25) is 9.69 Å². The van der Waals surface area contributed by atoms with Gasteiger partial charge in [-0.25, -0.2) is 23.1 Å². The summed E-state index contributed by atoms with van der Waals surface area (Å²) in [5.41, 5.74) is -0.222. The van der Waals surface area contributed by atoms with Crippen molar-refractivity contribution in [2.75, 3.05) is 44.3 Å². The number of pyridine rings is 1. The fourth-order valence-corrected chi connectivity index (χ4v) is 6.07. The number of halogens is 4. The summed E-state index contributed by atoms with van der Waals surface area (Å²) in [6, 6.07) is 9.20. The lowest BCUT2D eigenvalue weighted by molar-refractivity contribution is -0.101. The zero-order valence-corrected chi connectivity index (χ0v) is 24.9. The van der Waals surface area contributed by atoms with Gasteiger partial charge in [0.2, 0.25) is 0 Å². The van der Waals surface area contributed by atoms with Crippen molar-refractivity contribution in [3.63, 3.8) is 0 Å². The number of furan rings is 1. The first-order valence-electron chi connectivity index (χ1n) is 14.4. The van der Waals surface area contributed by atoms with E-state index in [2.05, 4.69) is 26.3 Å². The number of aromatic nitrogens is 3. The van der Waals surface area contributed by atoms with Crippen molar-refractivity contribution < 1.29 is 27.4 Å². The van der Waals surface area contributed by atoms with Crippen LogP contribution in [0.5, 0.6) is 0 Å². The monoisotopic (exact) mass is 631 g/mol. The maximum Gasteiger partial charge on any atom is 0.297 e. The molecule has 1 aromatic carbocycles. The van der Waals surface area contributed by atoms with Crippen LogP contribution in [0.15, 0.2) is 45.7 Å². The summed E-state index contributed by atoms with van der Waals surface area (Å²) in [7, 11) is 0. The molecule has 7 rings (SSSR count). The van der Waals surface area contributed by atoms with E-state index < -0.39 is 17.9 Å². The number of hydrogen-bond acceptors (Lipinski definition) is 8. The molecule has 0 spiro atoms. The summed E-state index contributed by atoms with van der Waals surface area (Å²) in [5, 5.41) is 8.20. The Kier molecular flexibility index (Phi) is 9.68. The van der Waals surface area contributed by atoms with Crippen LogP contribution in [0.1, 0.15) is 44.0 Å². The molecule has 3 aliphatic heterocycles. The first kappa shape index (κ1) is 31.6. The molecule has 0 radical (unpaired) electrons. The largest absolute Gasteiger partial charge is 0.462 e. The molecular formula is C31H33ClF3N5O4. The topological polar surface area (TPSA) is 108 Å². The number of rotatable bonds is 4. The number of nitrogens with one attached hydrogen (secondary N) is 1. The van der Waals surface area contributed by atoms with E-state index in [1.807, 2.05) is 36.1 Å². The van der Waals surface area contributed by atoms with Gasteiger partial charge in [0.25, 0.3) is 12.0 Å². The number of ether oxygens (including phenoxy) is 1. The van der Waals surface area contributed by atoms with Crippen molar-refractivity contribution >= 4 is 39.5 Å². The number of para-hydroxylation sites is 1. The Hall–Kier alpha value is -3.79. The first-order valence-corrected chi connectivity index (χ1v) is 14.8. The molecule has 13 heteroatoms. The van der Waals surface area contributed by atoms with E-state index in [1.54, 1.807) is 0 Å². The van der Waals surface area contributed by atoms with Crippen LogP contribution in [-0.4, -0.2) is 70.4 Å². The quantitative estimate of drug-likeness (QED) is 0.272. The molecule has 9 nitrogen and oxygen atoms in total. The van der Waals surface area contributed by atoms with Gasteiger partial charge in [0.1, 0.15) is 22.9 Å². The van der Waals surface area contributed by atoms with Crippen molar-refractivity contribution in [3.8, 4) is 12.5 Å². The van der Waals surface area contributed by atoms with E-state index in [9.17, 15) is 13.6 Å². The lowest BCUT2D eigenvalue weighted by Gasteiger charge is -2.46. The van der Waals surface area contributed by atoms with Gasteiger partial charge in [-0.2, -0.15) is 0 Å². The van der Waals surface area contributed by atoms with E-state index in [4.69, 9.17) is 25.9 Å². The third-order valence-electron chi connectivity index (χ3n) is 8.32. The standard InChI is InChI=1S/C15H13F2N3O.C14H18ClFN2O2.C2H2O/c16-13(17)14-18-11-9-5-1-2-6-10(9)21-12(11)15(19-14)20-7-3-4-8-20;1-9-6-18(11-7-20-8-11)3-2-14(9,16)12-4-10(15)5-17-13(12)19;1-2-3/h1-2,5-6,13H,3-4,7-8H2;4-5,9,11H,2-3,6-8H2,1H3,(H,17,19);1,3H/t;9-,14+;/m.0./s1. The van der Waals surface area contributed by atoms with Gasteiger partial charge in [-0.05, 0) is 37.5 Å². The van der Waals surface area contributed by atoms with E-state index >= 15 is 4.39 Å². The van der Waals surface area contributed by atoms with Crippen molar-refractivity contribution in [3.05, 3.63) is 63.3 Å². The lowest BCUT2D eigenvalue weighted by atomic mass is 9.78. The van der Waals surface area contributed by atoms with Gasteiger partial charge in [-0.1, -0.05) is 37.1 Å². The second-order valence-corrected chi connectivity index (χ2v) is 11.5. The number of hydrogen-bond donors (Lipinski definition) is 2. The Morgan fingerprint density at radius 1 is 1.20 bits per heavy atom. The summed E-state index contributed by atoms with van der Waals surface area (Å²) in [5.74, 6) is -0.198. The van der Waals surface area contributed by atoms with Gasteiger partial charge < -0.3 is 24.1 Å². The second kappa shape index (κ2) is 13.5. The summed E-state index contributed by atoms with van der Waals surface area (Å²) in [6.45, 7) is 6.20. The SMILES string of the molecule is C#CO.C[C@H]1CN(C2COC2)CC[C@]1(F)c1cc(Cl)c[nH]c1=O.FC(F)c1nc(N2CCCC2)c2oc3ccccc3c2n1. The van der Waals surface area contributed by atoms with Gasteiger partial charge in [0.05, 0.1) is 29.8 Å². The number of benzene rings is 1.